The first-order chi connectivity index (χ1) is 9.12. The SMILES string of the molecule is CC(C)(C)CC(C)(C)n1c(N)cc2ccccc2c1=O. The maximum atomic E-state index is 12.8. The zero-order valence-electron chi connectivity index (χ0n) is 13.0. The number of pyridine rings is 1. The fourth-order valence-corrected chi connectivity index (χ4v) is 3.28. The first kappa shape index (κ1) is 14.6. The number of hydrogen-bond acceptors (Lipinski definition) is 2. The number of nitrogens with zero attached hydrogens (tertiary/aromatic N) is 1. The number of rotatable bonds is 2. The van der Waals surface area contributed by atoms with E-state index in [1.807, 2.05) is 30.3 Å². The van der Waals surface area contributed by atoms with Gasteiger partial charge in [0, 0.05) is 10.9 Å². The summed E-state index contributed by atoms with van der Waals surface area (Å²) in [7, 11) is 0. The van der Waals surface area contributed by atoms with E-state index in [-0.39, 0.29) is 16.5 Å². The first-order valence-electron chi connectivity index (χ1n) is 7.03. The van der Waals surface area contributed by atoms with Crippen LogP contribution in [0.5, 0.6) is 0 Å². The Balaban J connectivity index is 2.68. The molecule has 0 atom stereocenters. The molecule has 0 aliphatic heterocycles. The lowest BCUT2D eigenvalue weighted by Crippen LogP contribution is -2.40. The van der Waals surface area contributed by atoms with Crippen LogP contribution < -0.4 is 11.3 Å². The van der Waals surface area contributed by atoms with Crippen LogP contribution >= 0.6 is 0 Å². The first-order valence-corrected chi connectivity index (χ1v) is 7.03. The molecule has 0 saturated carbocycles. The summed E-state index contributed by atoms with van der Waals surface area (Å²) in [6.07, 6.45) is 0.877. The molecule has 3 nitrogen and oxygen atoms in total. The van der Waals surface area contributed by atoms with Gasteiger partial charge in [0.05, 0.1) is 0 Å². The Bertz CT molecular complexity index is 690. The maximum Gasteiger partial charge on any atom is 0.260 e. The highest BCUT2D eigenvalue weighted by Crippen LogP contribution is 2.33. The van der Waals surface area contributed by atoms with Crippen molar-refractivity contribution in [2.75, 3.05) is 5.73 Å². The topological polar surface area (TPSA) is 48.0 Å². The molecule has 1 aromatic heterocycles. The van der Waals surface area contributed by atoms with Gasteiger partial charge in [-0.05, 0) is 43.2 Å². The van der Waals surface area contributed by atoms with Crippen molar-refractivity contribution in [1.29, 1.82) is 0 Å². The third-order valence-corrected chi connectivity index (χ3v) is 3.52. The summed E-state index contributed by atoms with van der Waals surface area (Å²) in [5.74, 6) is 0.531. The Kier molecular flexibility index (Phi) is 3.41. The predicted octanol–water partition coefficient (Wildman–Crippen LogP) is 3.76. The molecule has 2 rings (SSSR count). The van der Waals surface area contributed by atoms with Crippen molar-refractivity contribution in [1.82, 2.24) is 4.57 Å². The molecule has 2 aromatic rings. The molecule has 1 aromatic carbocycles. The van der Waals surface area contributed by atoms with Crippen molar-refractivity contribution in [2.24, 2.45) is 5.41 Å². The van der Waals surface area contributed by atoms with Gasteiger partial charge in [-0.1, -0.05) is 39.0 Å². The molecular formula is C17H24N2O. The van der Waals surface area contributed by atoms with Crippen molar-refractivity contribution < 1.29 is 0 Å². The third kappa shape index (κ3) is 2.72. The summed E-state index contributed by atoms with van der Waals surface area (Å²) in [5, 5.41) is 1.63. The lowest BCUT2D eigenvalue weighted by molar-refractivity contribution is 0.213. The molecule has 1 heterocycles. The predicted molar refractivity (Wildman–Crippen MR) is 86.0 cm³/mol. The largest absolute Gasteiger partial charge is 0.385 e. The highest BCUT2D eigenvalue weighted by Gasteiger charge is 2.29. The number of benzene rings is 1. The standard InChI is InChI=1S/C17H24N2O/c1-16(2,3)11-17(4,5)19-14(18)10-12-8-6-7-9-13(12)15(19)20/h6-10H,11,18H2,1-5H3. The number of anilines is 1. The molecule has 0 aliphatic rings. The van der Waals surface area contributed by atoms with Crippen molar-refractivity contribution in [3.8, 4) is 0 Å². The minimum absolute atomic E-state index is 0.00477. The van der Waals surface area contributed by atoms with Crippen LogP contribution in [0.1, 0.15) is 41.0 Å². The van der Waals surface area contributed by atoms with Crippen molar-refractivity contribution in [2.45, 2.75) is 46.6 Å². The summed E-state index contributed by atoms with van der Waals surface area (Å²) in [6, 6.07) is 9.49. The molecule has 3 heteroatoms. The minimum atomic E-state index is -0.316. The number of nitrogens with two attached hydrogens (primary N) is 1. The molecule has 20 heavy (non-hydrogen) atoms. The molecule has 0 amide bonds. The van der Waals surface area contributed by atoms with Crippen LogP contribution in [0.25, 0.3) is 10.8 Å². The van der Waals surface area contributed by atoms with Crippen molar-refractivity contribution in [3.63, 3.8) is 0 Å². The minimum Gasteiger partial charge on any atom is -0.385 e. The second-order valence-corrected chi connectivity index (χ2v) is 7.35. The van der Waals surface area contributed by atoms with E-state index in [1.165, 1.54) is 0 Å². The molecule has 0 radical (unpaired) electrons. The zero-order chi connectivity index (χ0) is 15.1. The highest BCUT2D eigenvalue weighted by atomic mass is 16.1. The zero-order valence-corrected chi connectivity index (χ0v) is 13.0. The molecule has 108 valence electrons. The summed E-state index contributed by atoms with van der Waals surface area (Å²) in [5.41, 5.74) is 5.96. The maximum absolute atomic E-state index is 12.8. The van der Waals surface area contributed by atoms with E-state index in [4.69, 9.17) is 5.73 Å². The smallest absolute Gasteiger partial charge is 0.260 e. The van der Waals surface area contributed by atoms with Crippen LogP contribution in [0.2, 0.25) is 0 Å². The van der Waals surface area contributed by atoms with Gasteiger partial charge >= 0.3 is 0 Å². The van der Waals surface area contributed by atoms with Gasteiger partial charge in [0.2, 0.25) is 0 Å². The average Bonchev–Trinajstić information content (AvgIpc) is 2.25. The molecule has 0 aliphatic carbocycles. The summed E-state index contributed by atoms with van der Waals surface area (Å²) in [6.45, 7) is 10.7. The van der Waals surface area contributed by atoms with Gasteiger partial charge in [-0.25, -0.2) is 0 Å². The van der Waals surface area contributed by atoms with Gasteiger partial charge < -0.3 is 5.73 Å². The fraction of sp³-hybridized carbons (Fsp3) is 0.471. The van der Waals surface area contributed by atoms with E-state index in [0.717, 1.165) is 17.2 Å². The Morgan fingerprint density at radius 3 is 2.30 bits per heavy atom. The van der Waals surface area contributed by atoms with Crippen LogP contribution in [0.4, 0.5) is 5.82 Å². The van der Waals surface area contributed by atoms with E-state index in [2.05, 4.69) is 34.6 Å². The third-order valence-electron chi connectivity index (χ3n) is 3.52. The number of nitrogen functional groups attached to an aromatic ring is 1. The fourth-order valence-electron chi connectivity index (χ4n) is 3.28. The quantitative estimate of drug-likeness (QED) is 0.905. The Morgan fingerprint density at radius 2 is 1.70 bits per heavy atom. The van der Waals surface area contributed by atoms with Gasteiger partial charge in [0.1, 0.15) is 5.82 Å². The van der Waals surface area contributed by atoms with E-state index < -0.39 is 0 Å². The molecular weight excluding hydrogens is 248 g/mol. The Hall–Kier alpha value is -1.77. The number of hydrogen-bond donors (Lipinski definition) is 1. The van der Waals surface area contributed by atoms with Crippen molar-refractivity contribution in [3.05, 3.63) is 40.7 Å². The molecule has 0 fully saturated rings. The second-order valence-electron chi connectivity index (χ2n) is 7.35. The van der Waals surface area contributed by atoms with Gasteiger partial charge in [-0.3, -0.25) is 9.36 Å². The van der Waals surface area contributed by atoms with Crippen LogP contribution in [-0.4, -0.2) is 4.57 Å². The van der Waals surface area contributed by atoms with E-state index in [0.29, 0.717) is 5.82 Å². The second kappa shape index (κ2) is 4.65. The Labute approximate surface area is 120 Å². The van der Waals surface area contributed by atoms with Crippen molar-refractivity contribution >= 4 is 16.6 Å². The summed E-state index contributed by atoms with van der Waals surface area (Å²) < 4.78 is 1.74. The van der Waals surface area contributed by atoms with E-state index in [1.54, 1.807) is 4.57 Å². The molecule has 0 bridgehead atoms. The van der Waals surface area contributed by atoms with Gasteiger partial charge in [0.15, 0.2) is 0 Å². The molecule has 2 N–H and O–H groups in total. The lowest BCUT2D eigenvalue weighted by Gasteiger charge is -2.35. The van der Waals surface area contributed by atoms with E-state index >= 15 is 0 Å². The number of aromatic nitrogens is 1. The lowest BCUT2D eigenvalue weighted by atomic mass is 9.81. The Morgan fingerprint density at radius 1 is 1.10 bits per heavy atom. The van der Waals surface area contributed by atoms with Crippen LogP contribution in [0, 0.1) is 5.41 Å². The normalized spacial score (nSPS) is 12.8. The molecule has 0 saturated heterocycles. The van der Waals surface area contributed by atoms with Gasteiger partial charge in [0.25, 0.3) is 5.56 Å². The monoisotopic (exact) mass is 272 g/mol. The van der Waals surface area contributed by atoms with E-state index in [9.17, 15) is 4.79 Å². The van der Waals surface area contributed by atoms with Crippen LogP contribution in [-0.2, 0) is 5.54 Å². The van der Waals surface area contributed by atoms with Gasteiger partial charge in [-0.15, -0.1) is 0 Å². The average molecular weight is 272 g/mol. The highest BCUT2D eigenvalue weighted by molar-refractivity contribution is 5.83. The number of fused-ring (bicyclic) bond motifs is 1. The van der Waals surface area contributed by atoms with Crippen LogP contribution in [0.3, 0.4) is 0 Å². The molecule has 0 unspecified atom stereocenters. The summed E-state index contributed by atoms with van der Waals surface area (Å²) >= 11 is 0. The van der Waals surface area contributed by atoms with Gasteiger partial charge in [-0.2, -0.15) is 0 Å². The molecule has 0 spiro atoms. The van der Waals surface area contributed by atoms with Crippen LogP contribution in [0.15, 0.2) is 35.1 Å². The summed E-state index contributed by atoms with van der Waals surface area (Å²) in [4.78, 5) is 12.8.